The van der Waals surface area contributed by atoms with E-state index in [9.17, 15) is 4.79 Å². The molecule has 1 amide bonds. The second-order valence-electron chi connectivity index (χ2n) is 4.41. The highest BCUT2D eigenvalue weighted by Gasteiger charge is 2.12. The van der Waals surface area contributed by atoms with Crippen LogP contribution in [0.5, 0.6) is 0 Å². The summed E-state index contributed by atoms with van der Waals surface area (Å²) in [5.41, 5.74) is 7.00. The van der Waals surface area contributed by atoms with E-state index < -0.39 is 5.91 Å². The number of nitrogens with two attached hydrogens (primary N) is 1. The van der Waals surface area contributed by atoms with E-state index >= 15 is 0 Å². The van der Waals surface area contributed by atoms with Crippen LogP contribution in [0.25, 0.3) is 10.9 Å². The van der Waals surface area contributed by atoms with Crippen LogP contribution in [-0.2, 0) is 6.54 Å². The van der Waals surface area contributed by atoms with Gasteiger partial charge in [0.25, 0.3) is 5.91 Å². The quantitative estimate of drug-likeness (QED) is 0.771. The van der Waals surface area contributed by atoms with E-state index in [1.54, 1.807) is 10.9 Å². The van der Waals surface area contributed by atoms with Crippen molar-refractivity contribution in [1.29, 1.82) is 0 Å². The highest BCUT2D eigenvalue weighted by Crippen LogP contribution is 2.19. The SMILES string of the molecule is NC(=O)c1nc(Br)n(Cc2ccc3ncc(Cl)cc3c2)n1. The fourth-order valence-electron chi connectivity index (χ4n) is 1.95. The Kier molecular flexibility index (Phi) is 3.60. The summed E-state index contributed by atoms with van der Waals surface area (Å²) in [4.78, 5) is 19.3. The van der Waals surface area contributed by atoms with Crippen LogP contribution in [0, 0.1) is 0 Å². The Balaban J connectivity index is 1.96. The summed E-state index contributed by atoms with van der Waals surface area (Å²) in [6, 6.07) is 7.65. The van der Waals surface area contributed by atoms with Gasteiger partial charge in [0.2, 0.25) is 5.82 Å². The number of benzene rings is 1. The van der Waals surface area contributed by atoms with Gasteiger partial charge in [0.05, 0.1) is 17.1 Å². The number of fused-ring (bicyclic) bond motifs is 1. The smallest absolute Gasteiger partial charge is 0.288 e. The highest BCUT2D eigenvalue weighted by atomic mass is 79.9. The van der Waals surface area contributed by atoms with Gasteiger partial charge in [-0.05, 0) is 39.7 Å². The maximum Gasteiger partial charge on any atom is 0.288 e. The number of aromatic nitrogens is 4. The van der Waals surface area contributed by atoms with Gasteiger partial charge >= 0.3 is 0 Å². The largest absolute Gasteiger partial charge is 0.363 e. The van der Waals surface area contributed by atoms with Gasteiger partial charge < -0.3 is 5.73 Å². The standard InChI is InChI=1S/C13H9BrClN5O/c14-13-18-12(11(16)21)19-20(13)6-7-1-2-10-8(3-7)4-9(15)5-17-10/h1-5H,6H2,(H2,16,21). The Labute approximate surface area is 133 Å². The van der Waals surface area contributed by atoms with Crippen LogP contribution >= 0.6 is 27.5 Å². The molecule has 0 spiro atoms. The fourth-order valence-corrected chi connectivity index (χ4v) is 2.49. The Morgan fingerprint density at radius 3 is 2.90 bits per heavy atom. The van der Waals surface area contributed by atoms with Crippen molar-refractivity contribution < 1.29 is 4.79 Å². The van der Waals surface area contributed by atoms with Crippen LogP contribution in [-0.4, -0.2) is 25.7 Å². The summed E-state index contributed by atoms with van der Waals surface area (Å²) in [5.74, 6) is -0.684. The number of rotatable bonds is 3. The molecule has 1 aromatic carbocycles. The minimum absolute atomic E-state index is 0.0209. The number of primary amides is 1. The van der Waals surface area contributed by atoms with Gasteiger partial charge in [0.15, 0.2) is 4.73 Å². The predicted molar refractivity (Wildman–Crippen MR) is 82.1 cm³/mol. The molecular weight excluding hydrogens is 358 g/mol. The first-order valence-corrected chi connectivity index (χ1v) is 7.14. The highest BCUT2D eigenvalue weighted by molar-refractivity contribution is 9.10. The summed E-state index contributed by atoms with van der Waals surface area (Å²) >= 11 is 9.20. The normalized spacial score (nSPS) is 11.0. The molecule has 0 aliphatic heterocycles. The lowest BCUT2D eigenvalue weighted by molar-refractivity contribution is 0.0990. The molecule has 8 heteroatoms. The lowest BCUT2D eigenvalue weighted by Crippen LogP contribution is -2.13. The maximum absolute atomic E-state index is 11.1. The van der Waals surface area contributed by atoms with E-state index in [0.29, 0.717) is 16.3 Å². The van der Waals surface area contributed by atoms with Crippen molar-refractivity contribution in [2.45, 2.75) is 6.54 Å². The fraction of sp³-hybridized carbons (Fsp3) is 0.0769. The molecule has 0 bridgehead atoms. The molecule has 0 fully saturated rings. The molecule has 3 rings (SSSR count). The van der Waals surface area contributed by atoms with E-state index in [1.807, 2.05) is 24.3 Å². The number of pyridine rings is 1. The predicted octanol–water partition coefficient (Wildman–Crippen LogP) is 2.39. The summed E-state index contributed by atoms with van der Waals surface area (Å²) in [6.07, 6.45) is 1.61. The van der Waals surface area contributed by atoms with Crippen molar-refractivity contribution in [3.8, 4) is 0 Å². The van der Waals surface area contributed by atoms with Gasteiger partial charge in [-0.1, -0.05) is 17.7 Å². The Hall–Kier alpha value is -1.99. The average Bonchev–Trinajstić information content (AvgIpc) is 2.80. The van der Waals surface area contributed by atoms with Crippen LogP contribution in [0.1, 0.15) is 16.2 Å². The Morgan fingerprint density at radius 1 is 1.38 bits per heavy atom. The van der Waals surface area contributed by atoms with Crippen LogP contribution in [0.2, 0.25) is 5.02 Å². The summed E-state index contributed by atoms with van der Waals surface area (Å²) in [5, 5.41) is 5.56. The van der Waals surface area contributed by atoms with Gasteiger partial charge in [-0.3, -0.25) is 9.78 Å². The number of halogens is 2. The molecule has 2 N–H and O–H groups in total. The van der Waals surface area contributed by atoms with Crippen molar-refractivity contribution in [1.82, 2.24) is 19.7 Å². The number of hydrogen-bond acceptors (Lipinski definition) is 4. The van der Waals surface area contributed by atoms with Crippen molar-refractivity contribution in [2.75, 3.05) is 0 Å². The van der Waals surface area contributed by atoms with Crippen molar-refractivity contribution in [2.24, 2.45) is 5.73 Å². The molecule has 0 radical (unpaired) electrons. The molecule has 0 atom stereocenters. The Morgan fingerprint density at radius 2 is 2.19 bits per heavy atom. The third kappa shape index (κ3) is 2.88. The molecule has 106 valence electrons. The van der Waals surface area contributed by atoms with Crippen LogP contribution < -0.4 is 5.73 Å². The van der Waals surface area contributed by atoms with E-state index in [1.165, 1.54) is 0 Å². The molecule has 0 unspecified atom stereocenters. The molecule has 6 nitrogen and oxygen atoms in total. The molecule has 0 aliphatic rings. The summed E-state index contributed by atoms with van der Waals surface area (Å²) in [6.45, 7) is 0.448. The first kappa shape index (κ1) is 14.0. The number of hydrogen-bond donors (Lipinski definition) is 1. The number of amides is 1. The second kappa shape index (κ2) is 5.42. The van der Waals surface area contributed by atoms with Crippen molar-refractivity contribution in [3.63, 3.8) is 0 Å². The minimum atomic E-state index is -0.663. The summed E-state index contributed by atoms with van der Waals surface area (Å²) in [7, 11) is 0. The third-order valence-corrected chi connectivity index (χ3v) is 3.68. The van der Waals surface area contributed by atoms with Crippen LogP contribution in [0.15, 0.2) is 35.2 Å². The van der Waals surface area contributed by atoms with Gasteiger partial charge in [-0.15, -0.1) is 5.10 Å². The molecule has 2 aromatic heterocycles. The molecule has 0 saturated carbocycles. The number of carbonyl (C=O) groups is 1. The summed E-state index contributed by atoms with van der Waals surface area (Å²) < 4.78 is 2.00. The van der Waals surface area contributed by atoms with Gasteiger partial charge in [0.1, 0.15) is 0 Å². The third-order valence-electron chi connectivity index (χ3n) is 2.89. The first-order valence-electron chi connectivity index (χ1n) is 5.97. The van der Waals surface area contributed by atoms with Gasteiger partial charge in [0, 0.05) is 11.6 Å². The van der Waals surface area contributed by atoms with E-state index in [-0.39, 0.29) is 5.82 Å². The molecular formula is C13H9BrClN5O. The lowest BCUT2D eigenvalue weighted by Gasteiger charge is -2.04. The van der Waals surface area contributed by atoms with Crippen LogP contribution in [0.3, 0.4) is 0 Å². The monoisotopic (exact) mass is 365 g/mol. The zero-order chi connectivity index (χ0) is 15.0. The zero-order valence-electron chi connectivity index (χ0n) is 10.6. The van der Waals surface area contributed by atoms with E-state index in [2.05, 4.69) is 31.0 Å². The number of nitrogens with zero attached hydrogens (tertiary/aromatic N) is 4. The zero-order valence-corrected chi connectivity index (χ0v) is 13.0. The second-order valence-corrected chi connectivity index (χ2v) is 5.55. The molecule has 0 aliphatic carbocycles. The topological polar surface area (TPSA) is 86.7 Å². The number of carbonyl (C=O) groups excluding carboxylic acids is 1. The lowest BCUT2D eigenvalue weighted by atomic mass is 10.1. The van der Waals surface area contributed by atoms with Gasteiger partial charge in [-0.2, -0.15) is 4.98 Å². The molecule has 2 heterocycles. The molecule has 3 aromatic rings. The van der Waals surface area contributed by atoms with E-state index in [4.69, 9.17) is 17.3 Å². The molecule has 0 saturated heterocycles. The van der Waals surface area contributed by atoms with Gasteiger partial charge in [-0.25, -0.2) is 4.68 Å². The first-order chi connectivity index (χ1) is 10.0. The van der Waals surface area contributed by atoms with Crippen LogP contribution in [0.4, 0.5) is 0 Å². The average molecular weight is 367 g/mol. The molecule has 21 heavy (non-hydrogen) atoms. The Bertz CT molecular complexity index is 848. The minimum Gasteiger partial charge on any atom is -0.363 e. The van der Waals surface area contributed by atoms with Crippen molar-refractivity contribution >= 4 is 44.3 Å². The maximum atomic E-state index is 11.1. The van der Waals surface area contributed by atoms with E-state index in [0.717, 1.165) is 16.5 Å². The van der Waals surface area contributed by atoms with Crippen molar-refractivity contribution in [3.05, 3.63) is 51.6 Å².